The van der Waals surface area contributed by atoms with Gasteiger partial charge in [-0.2, -0.15) is 0 Å². The number of rotatable bonds is 4. The number of hydrogen-bond donors (Lipinski definition) is 2. The van der Waals surface area contributed by atoms with Crippen LogP contribution in [0.2, 0.25) is 0 Å². The van der Waals surface area contributed by atoms with Gasteiger partial charge >= 0.3 is 0 Å². The molecule has 0 spiro atoms. The van der Waals surface area contributed by atoms with E-state index in [4.69, 9.17) is 0 Å². The van der Waals surface area contributed by atoms with E-state index in [1.165, 1.54) is 0 Å². The van der Waals surface area contributed by atoms with Gasteiger partial charge in [0.05, 0.1) is 11.9 Å². The Morgan fingerprint density at radius 3 is 2.65 bits per heavy atom. The second kappa shape index (κ2) is 7.21. The molecule has 0 aliphatic carbocycles. The molecule has 0 amide bonds. The first-order valence-electron chi connectivity index (χ1n) is 8.34. The van der Waals surface area contributed by atoms with Crippen LogP contribution in [0.5, 0.6) is 0 Å². The third-order valence-electron chi connectivity index (χ3n) is 4.12. The van der Waals surface area contributed by atoms with Crippen molar-refractivity contribution >= 4 is 27.9 Å². The highest BCUT2D eigenvalue weighted by Crippen LogP contribution is 2.28. The molecule has 2 aromatic heterocycles. The predicted molar refractivity (Wildman–Crippen MR) is 106 cm³/mol. The summed E-state index contributed by atoms with van der Waals surface area (Å²) in [6.07, 6.45) is 5.42. The number of benzene rings is 1. The van der Waals surface area contributed by atoms with E-state index in [2.05, 4.69) is 15.3 Å². The van der Waals surface area contributed by atoms with Crippen molar-refractivity contribution in [3.63, 3.8) is 0 Å². The number of pyridine rings is 1. The predicted octanol–water partition coefficient (Wildman–Crippen LogP) is 3.55. The number of thiazole rings is 1. The number of hydrogen-bond acceptors (Lipinski definition) is 5. The molecule has 5 nitrogen and oxygen atoms in total. The van der Waals surface area contributed by atoms with Crippen LogP contribution in [-0.2, 0) is 0 Å². The lowest BCUT2D eigenvalue weighted by Gasteiger charge is -2.21. The van der Waals surface area contributed by atoms with Crippen molar-refractivity contribution in [3.05, 3.63) is 82.7 Å². The van der Waals surface area contributed by atoms with Gasteiger partial charge < -0.3 is 15.6 Å². The second-order valence-corrected chi connectivity index (χ2v) is 6.96. The molecule has 0 bridgehead atoms. The normalized spacial score (nSPS) is 16.4. The lowest BCUT2D eigenvalue weighted by Crippen LogP contribution is -3.02. The Hall–Kier alpha value is -2.80. The standard InChI is InChI=1S/C20H18N4OS/c1-14-4-2-6-19(21-14)23-20-22-18(13-26-20)16-9-7-15(8-10-16)17-5-3-11-24(25)12-17/h2-11,13,24H,12H2,1H3,(H,21,22,23). The number of nitrogens with zero attached hydrogens (tertiary/aromatic N) is 2. The molecule has 4 rings (SSSR count). The molecule has 1 aliphatic heterocycles. The van der Waals surface area contributed by atoms with E-state index in [1.807, 2.05) is 66.9 Å². The number of aromatic nitrogens is 2. The van der Waals surface area contributed by atoms with Gasteiger partial charge in [0.1, 0.15) is 12.4 Å². The minimum atomic E-state index is 0.145. The maximum absolute atomic E-state index is 11.6. The van der Waals surface area contributed by atoms with E-state index in [1.54, 1.807) is 17.5 Å². The molecule has 1 aliphatic rings. The van der Waals surface area contributed by atoms with Gasteiger partial charge in [0.15, 0.2) is 5.13 Å². The number of hydroxylamine groups is 2. The van der Waals surface area contributed by atoms with Crippen LogP contribution in [0.25, 0.3) is 16.8 Å². The van der Waals surface area contributed by atoms with E-state index >= 15 is 0 Å². The Morgan fingerprint density at radius 1 is 1.08 bits per heavy atom. The molecule has 3 heterocycles. The lowest BCUT2D eigenvalue weighted by molar-refractivity contribution is -0.782. The molecule has 0 fully saturated rings. The molecule has 0 saturated carbocycles. The van der Waals surface area contributed by atoms with Crippen LogP contribution in [0.15, 0.2) is 66.2 Å². The van der Waals surface area contributed by atoms with Gasteiger partial charge in [0.2, 0.25) is 0 Å². The summed E-state index contributed by atoms with van der Waals surface area (Å²) < 4.78 is 0. The summed E-state index contributed by atoms with van der Waals surface area (Å²) in [5.41, 5.74) is 5.06. The second-order valence-electron chi connectivity index (χ2n) is 6.10. The molecule has 0 saturated heterocycles. The monoisotopic (exact) mass is 362 g/mol. The summed E-state index contributed by atoms with van der Waals surface area (Å²) in [5, 5.41) is 17.8. The van der Waals surface area contributed by atoms with Crippen molar-refractivity contribution in [2.24, 2.45) is 0 Å². The van der Waals surface area contributed by atoms with Crippen LogP contribution in [0.3, 0.4) is 0 Å². The fraction of sp³-hybridized carbons (Fsp3) is 0.100. The van der Waals surface area contributed by atoms with Crippen LogP contribution >= 0.6 is 11.3 Å². The van der Waals surface area contributed by atoms with E-state index in [9.17, 15) is 5.21 Å². The number of quaternary nitrogens is 1. The van der Waals surface area contributed by atoms with Crippen LogP contribution in [-0.4, -0.2) is 16.5 Å². The highest BCUT2D eigenvalue weighted by Gasteiger charge is 2.10. The average molecular weight is 362 g/mol. The van der Waals surface area contributed by atoms with Crippen molar-refractivity contribution in [1.29, 1.82) is 0 Å². The Balaban J connectivity index is 1.51. The van der Waals surface area contributed by atoms with Crippen molar-refractivity contribution in [2.75, 3.05) is 11.9 Å². The van der Waals surface area contributed by atoms with Gasteiger partial charge in [-0.25, -0.2) is 9.97 Å². The number of allylic oxidation sites excluding steroid dienone is 2. The maximum atomic E-state index is 11.6. The number of aryl methyl sites for hydroxylation is 1. The fourth-order valence-electron chi connectivity index (χ4n) is 2.82. The van der Waals surface area contributed by atoms with E-state index in [0.717, 1.165) is 39.0 Å². The minimum absolute atomic E-state index is 0.145. The van der Waals surface area contributed by atoms with Crippen molar-refractivity contribution < 1.29 is 5.06 Å². The van der Waals surface area contributed by atoms with Crippen molar-refractivity contribution in [1.82, 2.24) is 9.97 Å². The van der Waals surface area contributed by atoms with Gasteiger partial charge in [-0.3, -0.25) is 0 Å². The molecule has 130 valence electrons. The number of nitrogens with one attached hydrogen (secondary N) is 2. The first-order valence-corrected chi connectivity index (χ1v) is 9.22. The Labute approximate surface area is 155 Å². The summed E-state index contributed by atoms with van der Waals surface area (Å²) in [7, 11) is 0. The Morgan fingerprint density at radius 2 is 1.88 bits per heavy atom. The van der Waals surface area contributed by atoms with E-state index in [0.29, 0.717) is 6.54 Å². The summed E-state index contributed by atoms with van der Waals surface area (Å²) in [6, 6.07) is 14.0. The van der Waals surface area contributed by atoms with Gasteiger partial charge in [-0.1, -0.05) is 30.3 Å². The lowest BCUT2D eigenvalue weighted by atomic mass is 10.0. The quantitative estimate of drug-likeness (QED) is 0.697. The molecule has 1 aromatic carbocycles. The Bertz CT molecular complexity index is 975. The van der Waals surface area contributed by atoms with Gasteiger partial charge in [-0.05, 0) is 36.8 Å². The van der Waals surface area contributed by atoms with Crippen LogP contribution in [0, 0.1) is 12.1 Å². The molecule has 6 heteroatoms. The molecule has 0 radical (unpaired) electrons. The molecule has 1 atom stereocenters. The summed E-state index contributed by atoms with van der Waals surface area (Å²) in [5.74, 6) is 0.795. The van der Waals surface area contributed by atoms with Crippen molar-refractivity contribution in [2.45, 2.75) is 6.92 Å². The molecular formula is C20H18N4OS. The van der Waals surface area contributed by atoms with Gasteiger partial charge in [0.25, 0.3) is 0 Å². The average Bonchev–Trinajstić information content (AvgIpc) is 3.10. The topological polar surface area (TPSA) is 65.3 Å². The fourth-order valence-corrected chi connectivity index (χ4v) is 3.54. The van der Waals surface area contributed by atoms with Crippen LogP contribution in [0.1, 0.15) is 11.3 Å². The van der Waals surface area contributed by atoms with Crippen LogP contribution in [0.4, 0.5) is 10.9 Å². The zero-order chi connectivity index (χ0) is 17.9. The highest BCUT2D eigenvalue weighted by molar-refractivity contribution is 7.14. The molecular weight excluding hydrogens is 344 g/mol. The zero-order valence-corrected chi connectivity index (χ0v) is 15.1. The minimum Gasteiger partial charge on any atom is -0.629 e. The van der Waals surface area contributed by atoms with Crippen molar-refractivity contribution in [3.8, 4) is 11.3 Å². The molecule has 1 unspecified atom stereocenters. The van der Waals surface area contributed by atoms with Gasteiger partial charge in [-0.15, -0.1) is 11.3 Å². The largest absolute Gasteiger partial charge is 0.629 e. The molecule has 26 heavy (non-hydrogen) atoms. The SMILES string of the molecule is Cc1cccc(Nc2nc(-c3ccc(C4=CC=C[NH+]([O-])C4)cc3)cs2)n1. The molecule has 2 N–H and O–H groups in total. The third kappa shape index (κ3) is 3.72. The zero-order valence-electron chi connectivity index (χ0n) is 14.3. The number of anilines is 2. The van der Waals surface area contributed by atoms with E-state index in [-0.39, 0.29) is 5.06 Å². The van der Waals surface area contributed by atoms with E-state index < -0.39 is 0 Å². The maximum Gasteiger partial charge on any atom is 0.188 e. The van der Waals surface area contributed by atoms with Gasteiger partial charge in [0, 0.05) is 22.2 Å². The first kappa shape index (κ1) is 16.7. The third-order valence-corrected chi connectivity index (χ3v) is 4.88. The summed E-state index contributed by atoms with van der Waals surface area (Å²) in [6.45, 7) is 2.43. The summed E-state index contributed by atoms with van der Waals surface area (Å²) >= 11 is 1.55. The Kier molecular flexibility index (Phi) is 4.62. The smallest absolute Gasteiger partial charge is 0.188 e. The summed E-state index contributed by atoms with van der Waals surface area (Å²) in [4.78, 5) is 9.08. The highest BCUT2D eigenvalue weighted by atomic mass is 32.1. The molecule has 3 aromatic rings. The van der Waals surface area contributed by atoms with Crippen LogP contribution < -0.4 is 10.4 Å². The first-order chi connectivity index (χ1) is 12.7.